The Morgan fingerprint density at radius 1 is 1.15 bits per heavy atom. The van der Waals surface area contributed by atoms with Crippen LogP contribution >= 0.6 is 0 Å². The molecule has 20 heavy (non-hydrogen) atoms. The van der Waals surface area contributed by atoms with Gasteiger partial charge in [0.25, 0.3) is 0 Å². The molecule has 1 aliphatic heterocycles. The van der Waals surface area contributed by atoms with Gasteiger partial charge in [0, 0.05) is 19.7 Å². The molecule has 1 aromatic carbocycles. The van der Waals surface area contributed by atoms with Gasteiger partial charge in [-0.15, -0.1) is 0 Å². The molecule has 0 spiro atoms. The van der Waals surface area contributed by atoms with Crippen molar-refractivity contribution in [1.29, 1.82) is 0 Å². The number of piperidine rings is 1. The van der Waals surface area contributed by atoms with Gasteiger partial charge in [0.2, 0.25) is 10.0 Å². The van der Waals surface area contributed by atoms with E-state index in [9.17, 15) is 8.42 Å². The Labute approximate surface area is 121 Å². The van der Waals surface area contributed by atoms with Crippen LogP contribution in [0.2, 0.25) is 0 Å². The van der Waals surface area contributed by atoms with Crippen molar-refractivity contribution in [2.24, 2.45) is 5.92 Å². The van der Waals surface area contributed by atoms with Gasteiger partial charge in [-0.25, -0.2) is 12.7 Å². The summed E-state index contributed by atoms with van der Waals surface area (Å²) in [6, 6.07) is 9.97. The van der Waals surface area contributed by atoms with E-state index in [1.54, 1.807) is 4.31 Å². The van der Waals surface area contributed by atoms with Crippen LogP contribution in [0.3, 0.4) is 0 Å². The Kier molecular flexibility index (Phi) is 5.57. The predicted molar refractivity (Wildman–Crippen MR) is 79.9 cm³/mol. The standard InChI is InChI=1S/C15H23NO3S/c17-13-15-8-10-16(11-9-15)20(18,19)12-4-7-14-5-2-1-3-6-14/h1-3,5-6,15,17H,4,7-13H2. The molecule has 0 unspecified atom stereocenters. The molecular formula is C15H23NO3S. The second-order valence-electron chi connectivity index (χ2n) is 5.43. The fourth-order valence-electron chi connectivity index (χ4n) is 2.60. The first-order valence-corrected chi connectivity index (χ1v) is 8.85. The predicted octanol–water partition coefficient (Wildman–Crippen LogP) is 1.65. The van der Waals surface area contributed by atoms with E-state index in [0.717, 1.165) is 19.3 Å². The molecule has 1 heterocycles. The van der Waals surface area contributed by atoms with E-state index < -0.39 is 10.0 Å². The fraction of sp³-hybridized carbons (Fsp3) is 0.600. The van der Waals surface area contributed by atoms with Gasteiger partial charge >= 0.3 is 0 Å². The number of aliphatic hydroxyl groups is 1. The molecule has 0 amide bonds. The SMILES string of the molecule is O=S(=O)(CCCc1ccccc1)N1CCC(CO)CC1. The smallest absolute Gasteiger partial charge is 0.214 e. The topological polar surface area (TPSA) is 57.6 Å². The van der Waals surface area contributed by atoms with Gasteiger partial charge in [-0.1, -0.05) is 30.3 Å². The molecule has 0 bridgehead atoms. The molecule has 0 aromatic heterocycles. The highest BCUT2D eigenvalue weighted by atomic mass is 32.2. The monoisotopic (exact) mass is 297 g/mol. The Morgan fingerprint density at radius 3 is 2.40 bits per heavy atom. The van der Waals surface area contributed by atoms with Gasteiger partial charge in [-0.05, 0) is 37.2 Å². The quantitative estimate of drug-likeness (QED) is 0.868. The molecule has 0 radical (unpaired) electrons. The molecule has 0 saturated carbocycles. The van der Waals surface area contributed by atoms with E-state index in [0.29, 0.717) is 19.5 Å². The molecule has 0 aliphatic carbocycles. The van der Waals surface area contributed by atoms with Crippen molar-refractivity contribution >= 4 is 10.0 Å². The Bertz CT molecular complexity index is 493. The van der Waals surface area contributed by atoms with Crippen molar-refractivity contribution in [3.05, 3.63) is 35.9 Å². The molecule has 5 heteroatoms. The molecule has 1 N–H and O–H groups in total. The maximum atomic E-state index is 12.2. The largest absolute Gasteiger partial charge is 0.396 e. The molecule has 0 atom stereocenters. The molecule has 4 nitrogen and oxygen atoms in total. The first kappa shape index (κ1) is 15.5. The van der Waals surface area contributed by atoms with Crippen molar-refractivity contribution in [2.45, 2.75) is 25.7 Å². The zero-order chi connectivity index (χ0) is 14.4. The first-order chi connectivity index (χ1) is 9.62. The van der Waals surface area contributed by atoms with Crippen molar-refractivity contribution in [3.8, 4) is 0 Å². The van der Waals surface area contributed by atoms with Crippen LogP contribution in [0.15, 0.2) is 30.3 Å². The third-order valence-corrected chi connectivity index (χ3v) is 5.89. The van der Waals surface area contributed by atoms with E-state index in [-0.39, 0.29) is 18.3 Å². The number of rotatable bonds is 6. The van der Waals surface area contributed by atoms with E-state index in [1.807, 2.05) is 30.3 Å². The van der Waals surface area contributed by atoms with Gasteiger partial charge in [0.1, 0.15) is 0 Å². The molecule has 1 aromatic rings. The highest BCUT2D eigenvalue weighted by Crippen LogP contribution is 2.19. The third kappa shape index (κ3) is 4.30. The number of aliphatic hydroxyl groups excluding tert-OH is 1. The van der Waals surface area contributed by atoms with Crippen LogP contribution in [0, 0.1) is 5.92 Å². The van der Waals surface area contributed by atoms with Gasteiger partial charge in [-0.2, -0.15) is 0 Å². The van der Waals surface area contributed by atoms with Gasteiger partial charge in [-0.3, -0.25) is 0 Å². The molecule has 1 aliphatic rings. The number of hydrogen-bond acceptors (Lipinski definition) is 3. The Hall–Kier alpha value is -0.910. The Morgan fingerprint density at radius 2 is 1.80 bits per heavy atom. The zero-order valence-corrected chi connectivity index (χ0v) is 12.6. The maximum absolute atomic E-state index is 12.2. The third-order valence-electron chi connectivity index (χ3n) is 3.94. The lowest BCUT2D eigenvalue weighted by Gasteiger charge is -2.30. The summed E-state index contributed by atoms with van der Waals surface area (Å²) in [5.41, 5.74) is 1.18. The fourth-order valence-corrected chi connectivity index (χ4v) is 4.14. The minimum atomic E-state index is -3.13. The van der Waals surface area contributed by atoms with Crippen molar-refractivity contribution in [1.82, 2.24) is 4.31 Å². The van der Waals surface area contributed by atoms with Gasteiger partial charge < -0.3 is 5.11 Å². The van der Waals surface area contributed by atoms with Crippen LogP contribution in [-0.4, -0.2) is 43.3 Å². The summed E-state index contributed by atoms with van der Waals surface area (Å²) in [6.07, 6.45) is 3.00. The van der Waals surface area contributed by atoms with Crippen LogP contribution in [0.5, 0.6) is 0 Å². The average Bonchev–Trinajstić information content (AvgIpc) is 2.48. The number of benzene rings is 1. The highest BCUT2D eigenvalue weighted by Gasteiger charge is 2.27. The number of nitrogens with zero attached hydrogens (tertiary/aromatic N) is 1. The second kappa shape index (κ2) is 7.20. The lowest BCUT2D eigenvalue weighted by Crippen LogP contribution is -2.40. The lowest BCUT2D eigenvalue weighted by molar-refractivity contribution is 0.170. The number of hydrogen-bond donors (Lipinski definition) is 1. The molecular weight excluding hydrogens is 274 g/mol. The van der Waals surface area contributed by atoms with Gasteiger partial charge in [0.15, 0.2) is 0 Å². The van der Waals surface area contributed by atoms with E-state index >= 15 is 0 Å². The van der Waals surface area contributed by atoms with Gasteiger partial charge in [0.05, 0.1) is 5.75 Å². The van der Waals surface area contributed by atoms with E-state index in [2.05, 4.69) is 0 Å². The summed E-state index contributed by atoms with van der Waals surface area (Å²) in [4.78, 5) is 0. The normalized spacial score (nSPS) is 18.2. The summed E-state index contributed by atoms with van der Waals surface area (Å²) in [7, 11) is -3.13. The molecule has 1 fully saturated rings. The lowest BCUT2D eigenvalue weighted by atomic mass is 10.00. The summed E-state index contributed by atoms with van der Waals surface area (Å²) in [6.45, 7) is 1.28. The molecule has 112 valence electrons. The van der Waals surface area contributed by atoms with E-state index in [1.165, 1.54) is 5.56 Å². The summed E-state index contributed by atoms with van der Waals surface area (Å²) in [5, 5.41) is 9.08. The molecule has 2 rings (SSSR count). The number of sulfonamides is 1. The number of aryl methyl sites for hydroxylation is 1. The van der Waals surface area contributed by atoms with Crippen LogP contribution < -0.4 is 0 Å². The first-order valence-electron chi connectivity index (χ1n) is 7.24. The minimum absolute atomic E-state index is 0.169. The van der Waals surface area contributed by atoms with Crippen LogP contribution in [-0.2, 0) is 16.4 Å². The summed E-state index contributed by atoms with van der Waals surface area (Å²) < 4.78 is 26.1. The van der Waals surface area contributed by atoms with Crippen molar-refractivity contribution in [2.75, 3.05) is 25.4 Å². The maximum Gasteiger partial charge on any atom is 0.214 e. The minimum Gasteiger partial charge on any atom is -0.396 e. The van der Waals surface area contributed by atoms with Crippen molar-refractivity contribution in [3.63, 3.8) is 0 Å². The van der Waals surface area contributed by atoms with Crippen LogP contribution in [0.4, 0.5) is 0 Å². The van der Waals surface area contributed by atoms with E-state index in [4.69, 9.17) is 5.11 Å². The summed E-state index contributed by atoms with van der Waals surface area (Å²) >= 11 is 0. The average molecular weight is 297 g/mol. The zero-order valence-electron chi connectivity index (χ0n) is 11.7. The molecule has 1 saturated heterocycles. The summed E-state index contributed by atoms with van der Waals surface area (Å²) in [5.74, 6) is 0.483. The second-order valence-corrected chi connectivity index (χ2v) is 7.52. The van der Waals surface area contributed by atoms with Crippen molar-refractivity contribution < 1.29 is 13.5 Å². The van der Waals surface area contributed by atoms with Crippen LogP contribution in [0.25, 0.3) is 0 Å². The van der Waals surface area contributed by atoms with Crippen LogP contribution in [0.1, 0.15) is 24.8 Å². The highest BCUT2D eigenvalue weighted by molar-refractivity contribution is 7.89. The Balaban J connectivity index is 1.79.